The number of carbonyl (C=O) groups excluding carboxylic acids is 1. The van der Waals surface area contributed by atoms with Crippen LogP contribution in [0.25, 0.3) is 0 Å². The van der Waals surface area contributed by atoms with E-state index in [1.165, 1.54) is 7.11 Å². The zero-order chi connectivity index (χ0) is 9.56. The number of hydrogen-bond donors (Lipinski definition) is 2. The number of nitrogens with one attached hydrogen (secondary N) is 1. The topological polar surface area (TPSA) is 64.3 Å². The molecule has 0 saturated heterocycles. The van der Waals surface area contributed by atoms with Crippen molar-refractivity contribution in [1.29, 1.82) is 0 Å². The quantitative estimate of drug-likeness (QED) is 0.570. The molecule has 72 valence electrons. The maximum absolute atomic E-state index is 10.8. The molecule has 0 spiro atoms. The summed E-state index contributed by atoms with van der Waals surface area (Å²) < 4.78 is 4.48. The van der Waals surface area contributed by atoms with Gasteiger partial charge < -0.3 is 15.8 Å². The van der Waals surface area contributed by atoms with Gasteiger partial charge in [-0.05, 0) is 13.0 Å². The summed E-state index contributed by atoms with van der Waals surface area (Å²) >= 11 is 0. The fraction of sp³-hybridized carbons (Fsp3) is 0.875. The first-order valence-electron chi connectivity index (χ1n) is 4.14. The van der Waals surface area contributed by atoms with Crippen molar-refractivity contribution in [1.82, 2.24) is 5.32 Å². The van der Waals surface area contributed by atoms with Crippen LogP contribution in [0.15, 0.2) is 0 Å². The van der Waals surface area contributed by atoms with E-state index < -0.39 is 6.04 Å². The van der Waals surface area contributed by atoms with Gasteiger partial charge in [0.25, 0.3) is 0 Å². The van der Waals surface area contributed by atoms with Crippen molar-refractivity contribution in [3.63, 3.8) is 0 Å². The van der Waals surface area contributed by atoms with Gasteiger partial charge in [-0.25, -0.2) is 0 Å². The van der Waals surface area contributed by atoms with E-state index in [9.17, 15) is 4.79 Å². The van der Waals surface area contributed by atoms with Gasteiger partial charge >= 0.3 is 5.97 Å². The molecule has 0 bridgehead atoms. The first-order chi connectivity index (χ1) is 5.57. The van der Waals surface area contributed by atoms with Crippen molar-refractivity contribution in [2.75, 3.05) is 13.7 Å². The minimum Gasteiger partial charge on any atom is -0.468 e. The Kier molecular flexibility index (Phi) is 5.66. The molecule has 0 amide bonds. The second-order valence-corrected chi connectivity index (χ2v) is 3.03. The fourth-order valence-corrected chi connectivity index (χ4v) is 0.797. The average molecular weight is 174 g/mol. The Morgan fingerprint density at radius 2 is 2.17 bits per heavy atom. The highest BCUT2D eigenvalue weighted by Gasteiger charge is 2.12. The normalized spacial score (nSPS) is 13.1. The SMILES string of the molecule is COC(=O)C(N)CCNC(C)C. The zero-order valence-corrected chi connectivity index (χ0v) is 7.96. The highest BCUT2D eigenvalue weighted by Crippen LogP contribution is 1.90. The fourth-order valence-electron chi connectivity index (χ4n) is 0.797. The van der Waals surface area contributed by atoms with Gasteiger partial charge in [0.05, 0.1) is 7.11 Å². The van der Waals surface area contributed by atoms with Crippen LogP contribution in [-0.4, -0.2) is 31.7 Å². The van der Waals surface area contributed by atoms with E-state index in [4.69, 9.17) is 5.73 Å². The Bertz CT molecular complexity index is 137. The molecule has 12 heavy (non-hydrogen) atoms. The summed E-state index contributed by atoms with van der Waals surface area (Å²) in [6.45, 7) is 4.83. The van der Waals surface area contributed by atoms with Gasteiger partial charge in [-0.3, -0.25) is 4.79 Å². The molecule has 0 fully saturated rings. The highest BCUT2D eigenvalue weighted by atomic mass is 16.5. The smallest absolute Gasteiger partial charge is 0.322 e. The Morgan fingerprint density at radius 3 is 2.58 bits per heavy atom. The minimum absolute atomic E-state index is 0.347. The number of rotatable bonds is 5. The van der Waals surface area contributed by atoms with Crippen LogP contribution in [0.2, 0.25) is 0 Å². The van der Waals surface area contributed by atoms with E-state index in [1.54, 1.807) is 0 Å². The van der Waals surface area contributed by atoms with Crippen molar-refractivity contribution in [3.05, 3.63) is 0 Å². The third kappa shape index (κ3) is 5.09. The van der Waals surface area contributed by atoms with Crippen LogP contribution in [0.4, 0.5) is 0 Å². The Balaban J connectivity index is 3.43. The lowest BCUT2D eigenvalue weighted by atomic mass is 10.2. The van der Waals surface area contributed by atoms with Gasteiger partial charge in [-0.1, -0.05) is 13.8 Å². The number of methoxy groups -OCH3 is 1. The zero-order valence-electron chi connectivity index (χ0n) is 7.96. The summed E-state index contributed by atoms with van der Waals surface area (Å²) in [5.41, 5.74) is 5.50. The van der Waals surface area contributed by atoms with E-state index in [2.05, 4.69) is 10.1 Å². The molecule has 0 heterocycles. The van der Waals surface area contributed by atoms with Crippen LogP contribution in [0.3, 0.4) is 0 Å². The molecule has 0 rings (SSSR count). The summed E-state index contributed by atoms with van der Waals surface area (Å²) in [5, 5.41) is 3.17. The lowest BCUT2D eigenvalue weighted by molar-refractivity contribution is -0.142. The van der Waals surface area contributed by atoms with Crippen LogP contribution < -0.4 is 11.1 Å². The van der Waals surface area contributed by atoms with Crippen molar-refractivity contribution in [2.24, 2.45) is 5.73 Å². The first-order valence-corrected chi connectivity index (χ1v) is 4.14. The van der Waals surface area contributed by atoms with E-state index in [0.717, 1.165) is 6.54 Å². The molecule has 1 atom stereocenters. The molecular weight excluding hydrogens is 156 g/mol. The molecule has 1 unspecified atom stereocenters. The molecule has 0 aromatic heterocycles. The summed E-state index contributed by atoms with van der Waals surface area (Å²) in [5.74, 6) is -0.347. The number of carbonyl (C=O) groups is 1. The van der Waals surface area contributed by atoms with Gasteiger partial charge in [0.2, 0.25) is 0 Å². The molecule has 0 aliphatic rings. The van der Waals surface area contributed by atoms with Gasteiger partial charge in [0.15, 0.2) is 0 Å². The second kappa shape index (κ2) is 5.97. The van der Waals surface area contributed by atoms with Crippen LogP contribution in [0.5, 0.6) is 0 Å². The van der Waals surface area contributed by atoms with Gasteiger partial charge in [0.1, 0.15) is 6.04 Å². The van der Waals surface area contributed by atoms with Crippen molar-refractivity contribution < 1.29 is 9.53 Å². The summed E-state index contributed by atoms with van der Waals surface area (Å²) in [7, 11) is 1.35. The molecule has 0 aliphatic carbocycles. The van der Waals surface area contributed by atoms with Crippen LogP contribution in [0.1, 0.15) is 20.3 Å². The predicted octanol–water partition coefficient (Wildman–Crippen LogP) is -0.125. The van der Waals surface area contributed by atoms with Crippen LogP contribution in [-0.2, 0) is 9.53 Å². The van der Waals surface area contributed by atoms with Crippen LogP contribution in [0, 0.1) is 0 Å². The molecule has 4 heteroatoms. The largest absolute Gasteiger partial charge is 0.468 e. The molecule has 0 radical (unpaired) electrons. The third-order valence-electron chi connectivity index (χ3n) is 1.51. The first kappa shape index (κ1) is 11.4. The highest BCUT2D eigenvalue weighted by molar-refractivity contribution is 5.75. The Labute approximate surface area is 73.5 Å². The van der Waals surface area contributed by atoms with E-state index >= 15 is 0 Å². The predicted molar refractivity (Wildman–Crippen MR) is 47.7 cm³/mol. The van der Waals surface area contributed by atoms with Crippen molar-refractivity contribution in [2.45, 2.75) is 32.4 Å². The second-order valence-electron chi connectivity index (χ2n) is 3.03. The number of ether oxygens (including phenoxy) is 1. The van der Waals surface area contributed by atoms with Crippen molar-refractivity contribution >= 4 is 5.97 Å². The minimum atomic E-state index is -0.499. The van der Waals surface area contributed by atoms with E-state index in [-0.39, 0.29) is 5.97 Å². The molecule has 0 saturated carbocycles. The summed E-state index contributed by atoms with van der Waals surface area (Å²) in [6, 6.07) is -0.0731. The molecule has 3 N–H and O–H groups in total. The number of esters is 1. The molecular formula is C8H18N2O2. The number of nitrogens with two attached hydrogens (primary N) is 1. The Morgan fingerprint density at radius 1 is 1.58 bits per heavy atom. The summed E-state index contributed by atoms with van der Waals surface area (Å²) in [6.07, 6.45) is 0.616. The third-order valence-corrected chi connectivity index (χ3v) is 1.51. The molecule has 0 aliphatic heterocycles. The maximum Gasteiger partial charge on any atom is 0.322 e. The average Bonchev–Trinajstić information content (AvgIpc) is 2.02. The molecule has 0 aromatic rings. The molecule has 4 nitrogen and oxygen atoms in total. The standard InChI is InChI=1S/C8H18N2O2/c1-6(2)10-5-4-7(9)8(11)12-3/h6-7,10H,4-5,9H2,1-3H3. The maximum atomic E-state index is 10.8. The van der Waals surface area contributed by atoms with Gasteiger partial charge in [-0.15, -0.1) is 0 Å². The summed E-state index contributed by atoms with van der Waals surface area (Å²) in [4.78, 5) is 10.8. The monoisotopic (exact) mass is 174 g/mol. The molecule has 0 aromatic carbocycles. The lowest BCUT2D eigenvalue weighted by Gasteiger charge is -2.11. The van der Waals surface area contributed by atoms with E-state index in [1.807, 2.05) is 13.8 Å². The Hall–Kier alpha value is -0.610. The van der Waals surface area contributed by atoms with Crippen molar-refractivity contribution in [3.8, 4) is 0 Å². The van der Waals surface area contributed by atoms with Gasteiger partial charge in [0, 0.05) is 6.04 Å². The number of hydrogen-bond acceptors (Lipinski definition) is 4. The van der Waals surface area contributed by atoms with Gasteiger partial charge in [-0.2, -0.15) is 0 Å². The van der Waals surface area contributed by atoms with Crippen LogP contribution >= 0.6 is 0 Å². The van der Waals surface area contributed by atoms with E-state index in [0.29, 0.717) is 12.5 Å². The lowest BCUT2D eigenvalue weighted by Crippen LogP contribution is -2.36.